The van der Waals surface area contributed by atoms with E-state index in [1.165, 1.54) is 12.8 Å². The fraction of sp³-hybridized carbons (Fsp3) is 0.438. The third-order valence-electron chi connectivity index (χ3n) is 3.83. The minimum atomic E-state index is -0.0470. The van der Waals surface area contributed by atoms with Gasteiger partial charge in [0.05, 0.1) is 31.7 Å². The van der Waals surface area contributed by atoms with Crippen LogP contribution in [0.3, 0.4) is 0 Å². The maximum Gasteiger partial charge on any atom is 0.162 e. The number of aromatic amines is 1. The normalized spacial score (nSPS) is 15.3. The summed E-state index contributed by atoms with van der Waals surface area (Å²) in [5, 5.41) is 9.11. The van der Waals surface area contributed by atoms with Gasteiger partial charge in [0.1, 0.15) is 5.82 Å². The topological polar surface area (TPSA) is 67.4 Å². The molecule has 1 aliphatic carbocycles. The zero-order chi connectivity index (χ0) is 14.7. The van der Waals surface area contributed by atoms with Crippen molar-refractivity contribution in [3.63, 3.8) is 0 Å². The highest BCUT2D eigenvalue weighted by Crippen LogP contribution is 2.34. The highest BCUT2D eigenvalue weighted by atomic mass is 16.5. The summed E-state index contributed by atoms with van der Waals surface area (Å²) >= 11 is 0. The Morgan fingerprint density at radius 1 is 1.29 bits per heavy atom. The maximum absolute atomic E-state index is 9.11. The Bertz CT molecular complexity index is 603. The summed E-state index contributed by atoms with van der Waals surface area (Å²) in [6.45, 7) is -0.0470. The molecule has 3 rings (SSSR count). The molecule has 2 aromatic rings. The first-order valence-corrected chi connectivity index (χ1v) is 7.30. The number of aromatic nitrogens is 2. The van der Waals surface area contributed by atoms with Crippen LogP contribution in [0, 0.1) is 0 Å². The fourth-order valence-electron chi connectivity index (χ4n) is 2.69. The fourth-order valence-corrected chi connectivity index (χ4v) is 2.69. The summed E-state index contributed by atoms with van der Waals surface area (Å²) in [5.74, 6) is 2.21. The second-order valence-corrected chi connectivity index (χ2v) is 5.31. The van der Waals surface area contributed by atoms with Gasteiger partial charge in [-0.15, -0.1) is 0 Å². The SMILES string of the molecule is COc1ccc(-c2ncc(CO)[nH]2)cc1OC1CCCC1. The molecule has 0 atom stereocenters. The van der Waals surface area contributed by atoms with Crippen LogP contribution in [0.25, 0.3) is 11.4 Å². The number of ether oxygens (including phenoxy) is 2. The van der Waals surface area contributed by atoms with Crippen molar-refractivity contribution in [2.24, 2.45) is 0 Å². The minimum absolute atomic E-state index is 0.0470. The van der Waals surface area contributed by atoms with E-state index < -0.39 is 0 Å². The Labute approximate surface area is 123 Å². The number of H-pyrrole nitrogens is 1. The lowest BCUT2D eigenvalue weighted by Crippen LogP contribution is -2.11. The summed E-state index contributed by atoms with van der Waals surface area (Å²) in [5.41, 5.74) is 1.61. The molecule has 5 nitrogen and oxygen atoms in total. The molecule has 0 saturated heterocycles. The van der Waals surface area contributed by atoms with Crippen LogP contribution in [0.2, 0.25) is 0 Å². The number of nitrogens with one attached hydrogen (secondary N) is 1. The van der Waals surface area contributed by atoms with Crippen molar-refractivity contribution in [2.45, 2.75) is 38.4 Å². The van der Waals surface area contributed by atoms with Crippen molar-refractivity contribution in [1.82, 2.24) is 9.97 Å². The van der Waals surface area contributed by atoms with Crippen LogP contribution < -0.4 is 9.47 Å². The Balaban J connectivity index is 1.87. The third-order valence-corrected chi connectivity index (χ3v) is 3.83. The van der Waals surface area contributed by atoms with Crippen LogP contribution in [0.4, 0.5) is 0 Å². The number of hydrogen-bond acceptors (Lipinski definition) is 4. The molecule has 21 heavy (non-hydrogen) atoms. The molecule has 1 saturated carbocycles. The largest absolute Gasteiger partial charge is 0.493 e. The molecule has 1 heterocycles. The Hall–Kier alpha value is -2.01. The molecule has 0 aliphatic heterocycles. The van der Waals surface area contributed by atoms with E-state index in [1.54, 1.807) is 13.3 Å². The van der Waals surface area contributed by atoms with Crippen LogP contribution in [0.5, 0.6) is 11.5 Å². The van der Waals surface area contributed by atoms with Gasteiger partial charge in [-0.05, 0) is 43.9 Å². The summed E-state index contributed by atoms with van der Waals surface area (Å²) in [4.78, 5) is 7.35. The number of methoxy groups -OCH3 is 1. The summed E-state index contributed by atoms with van der Waals surface area (Å²) < 4.78 is 11.5. The highest BCUT2D eigenvalue weighted by molar-refractivity contribution is 5.61. The first kappa shape index (κ1) is 13.9. The molecule has 0 spiro atoms. The number of aliphatic hydroxyl groups excluding tert-OH is 1. The molecule has 1 aromatic heterocycles. The molecule has 1 aliphatic rings. The molecular formula is C16H20N2O3. The number of rotatable bonds is 5. The highest BCUT2D eigenvalue weighted by Gasteiger charge is 2.19. The first-order valence-electron chi connectivity index (χ1n) is 7.30. The van der Waals surface area contributed by atoms with Gasteiger partial charge >= 0.3 is 0 Å². The lowest BCUT2D eigenvalue weighted by atomic mass is 10.2. The Morgan fingerprint density at radius 2 is 2.10 bits per heavy atom. The average molecular weight is 288 g/mol. The molecule has 0 amide bonds. The molecule has 0 bridgehead atoms. The maximum atomic E-state index is 9.11. The molecule has 5 heteroatoms. The molecule has 112 valence electrons. The number of nitrogens with zero attached hydrogens (tertiary/aromatic N) is 1. The molecule has 0 radical (unpaired) electrons. The molecule has 1 fully saturated rings. The summed E-state index contributed by atoms with van der Waals surface area (Å²) in [6, 6.07) is 5.76. The van der Waals surface area contributed by atoms with Crippen molar-refractivity contribution in [3.8, 4) is 22.9 Å². The summed E-state index contributed by atoms with van der Waals surface area (Å²) in [6.07, 6.45) is 6.57. The van der Waals surface area contributed by atoms with E-state index in [2.05, 4.69) is 9.97 Å². The zero-order valence-corrected chi connectivity index (χ0v) is 12.1. The number of hydrogen-bond donors (Lipinski definition) is 2. The van der Waals surface area contributed by atoms with Crippen LogP contribution in [-0.2, 0) is 6.61 Å². The minimum Gasteiger partial charge on any atom is -0.493 e. The van der Waals surface area contributed by atoms with E-state index in [0.29, 0.717) is 5.69 Å². The van der Waals surface area contributed by atoms with Gasteiger partial charge in [0, 0.05) is 5.56 Å². The average Bonchev–Trinajstić information content (AvgIpc) is 3.18. The molecule has 0 unspecified atom stereocenters. The monoisotopic (exact) mass is 288 g/mol. The number of imidazole rings is 1. The standard InChI is InChI=1S/C16H20N2O3/c1-20-14-7-6-11(16-17-9-12(10-19)18-16)8-15(14)21-13-4-2-3-5-13/h6-9,13,19H,2-5,10H2,1H3,(H,17,18). The van der Waals surface area contributed by atoms with Gasteiger partial charge in [0.2, 0.25) is 0 Å². The predicted molar refractivity (Wildman–Crippen MR) is 79.4 cm³/mol. The van der Waals surface area contributed by atoms with E-state index >= 15 is 0 Å². The second-order valence-electron chi connectivity index (χ2n) is 5.31. The second kappa shape index (κ2) is 6.18. The van der Waals surface area contributed by atoms with E-state index in [1.807, 2.05) is 18.2 Å². The van der Waals surface area contributed by atoms with Gasteiger partial charge in [-0.2, -0.15) is 0 Å². The molecular weight excluding hydrogens is 268 g/mol. The van der Waals surface area contributed by atoms with Crippen LogP contribution in [0.15, 0.2) is 24.4 Å². The Morgan fingerprint density at radius 3 is 2.76 bits per heavy atom. The lowest BCUT2D eigenvalue weighted by molar-refractivity contribution is 0.201. The summed E-state index contributed by atoms with van der Waals surface area (Å²) in [7, 11) is 1.65. The molecule has 2 N–H and O–H groups in total. The van der Waals surface area contributed by atoms with Crippen LogP contribution in [-0.4, -0.2) is 28.3 Å². The molecule has 1 aromatic carbocycles. The number of aliphatic hydroxyl groups is 1. The first-order chi connectivity index (χ1) is 10.3. The van der Waals surface area contributed by atoms with E-state index in [-0.39, 0.29) is 12.7 Å². The van der Waals surface area contributed by atoms with Gasteiger partial charge in [0.25, 0.3) is 0 Å². The van der Waals surface area contributed by atoms with Crippen LogP contribution >= 0.6 is 0 Å². The quantitative estimate of drug-likeness (QED) is 0.887. The van der Waals surface area contributed by atoms with Crippen molar-refractivity contribution < 1.29 is 14.6 Å². The number of benzene rings is 1. The predicted octanol–water partition coefficient (Wildman–Crippen LogP) is 2.90. The van der Waals surface area contributed by atoms with E-state index in [4.69, 9.17) is 14.6 Å². The van der Waals surface area contributed by atoms with Gasteiger partial charge in [-0.1, -0.05) is 0 Å². The van der Waals surface area contributed by atoms with E-state index in [0.717, 1.165) is 35.7 Å². The van der Waals surface area contributed by atoms with Crippen molar-refractivity contribution in [3.05, 3.63) is 30.1 Å². The van der Waals surface area contributed by atoms with Gasteiger partial charge in [0.15, 0.2) is 11.5 Å². The van der Waals surface area contributed by atoms with Gasteiger partial charge in [-0.25, -0.2) is 4.98 Å². The smallest absolute Gasteiger partial charge is 0.162 e. The third kappa shape index (κ3) is 3.03. The van der Waals surface area contributed by atoms with Gasteiger partial charge in [-0.3, -0.25) is 0 Å². The Kier molecular flexibility index (Phi) is 4.10. The van der Waals surface area contributed by atoms with Crippen molar-refractivity contribution >= 4 is 0 Å². The van der Waals surface area contributed by atoms with Crippen LogP contribution in [0.1, 0.15) is 31.4 Å². The zero-order valence-electron chi connectivity index (χ0n) is 12.1. The van der Waals surface area contributed by atoms with E-state index in [9.17, 15) is 0 Å². The lowest BCUT2D eigenvalue weighted by Gasteiger charge is -2.16. The van der Waals surface area contributed by atoms with Gasteiger partial charge < -0.3 is 19.6 Å². The van der Waals surface area contributed by atoms with Crippen molar-refractivity contribution in [1.29, 1.82) is 0 Å². The van der Waals surface area contributed by atoms with Crippen molar-refractivity contribution in [2.75, 3.05) is 7.11 Å².